The largest absolute Gasteiger partial charge is 0.364 e. The van der Waals surface area contributed by atoms with Crippen molar-refractivity contribution >= 4 is 5.96 Å². The van der Waals surface area contributed by atoms with Crippen molar-refractivity contribution in [3.8, 4) is 0 Å². The maximum absolute atomic E-state index is 4.78. The van der Waals surface area contributed by atoms with Gasteiger partial charge in [0.15, 0.2) is 5.96 Å². The molecule has 0 aliphatic carbocycles. The summed E-state index contributed by atoms with van der Waals surface area (Å²) in [6.07, 6.45) is 1.55. The number of hydrogen-bond acceptors (Lipinski definition) is 4. The molecule has 2 heterocycles. The first kappa shape index (κ1) is 14.1. The summed E-state index contributed by atoms with van der Waals surface area (Å²) in [4.78, 5) is 4.18. The lowest BCUT2D eigenvalue weighted by Crippen LogP contribution is -2.36. The standard InChI is InChI=1S/C13H20N6O/c1-9-12(10(2)19(4)17-9)8-16-13(14-3)15-7-11-5-6-20-18-11/h5-6H,7-8H2,1-4H3,(H2,14,15,16). The van der Waals surface area contributed by atoms with Gasteiger partial charge in [-0.1, -0.05) is 5.16 Å². The van der Waals surface area contributed by atoms with Crippen LogP contribution in [0.4, 0.5) is 0 Å². The molecule has 0 bridgehead atoms. The molecule has 0 aliphatic heterocycles. The molecule has 0 amide bonds. The zero-order chi connectivity index (χ0) is 14.5. The number of guanidine groups is 1. The summed E-state index contributed by atoms with van der Waals surface area (Å²) in [5.74, 6) is 0.718. The van der Waals surface area contributed by atoms with Crippen molar-refractivity contribution in [1.29, 1.82) is 0 Å². The van der Waals surface area contributed by atoms with E-state index >= 15 is 0 Å². The molecular weight excluding hydrogens is 256 g/mol. The highest BCUT2D eigenvalue weighted by Gasteiger charge is 2.09. The van der Waals surface area contributed by atoms with Crippen LogP contribution in [0.3, 0.4) is 0 Å². The van der Waals surface area contributed by atoms with Crippen LogP contribution in [0.2, 0.25) is 0 Å². The first-order valence-corrected chi connectivity index (χ1v) is 6.44. The fourth-order valence-corrected chi connectivity index (χ4v) is 1.97. The lowest BCUT2D eigenvalue weighted by Gasteiger charge is -2.11. The van der Waals surface area contributed by atoms with Gasteiger partial charge < -0.3 is 15.2 Å². The molecule has 0 spiro atoms. The quantitative estimate of drug-likeness (QED) is 0.640. The van der Waals surface area contributed by atoms with E-state index in [0.717, 1.165) is 23.0 Å². The minimum atomic E-state index is 0.571. The van der Waals surface area contributed by atoms with Crippen molar-refractivity contribution in [2.45, 2.75) is 26.9 Å². The van der Waals surface area contributed by atoms with Crippen LogP contribution < -0.4 is 10.6 Å². The van der Waals surface area contributed by atoms with Crippen molar-refractivity contribution < 1.29 is 4.52 Å². The molecule has 0 saturated heterocycles. The molecule has 7 heteroatoms. The summed E-state index contributed by atoms with van der Waals surface area (Å²) in [7, 11) is 3.69. The van der Waals surface area contributed by atoms with Gasteiger partial charge in [0, 0.05) is 38.0 Å². The Labute approximate surface area is 118 Å². The summed E-state index contributed by atoms with van der Waals surface area (Å²) in [5.41, 5.74) is 4.21. The highest BCUT2D eigenvalue weighted by Crippen LogP contribution is 2.10. The molecule has 0 aromatic carbocycles. The number of aromatic nitrogens is 3. The average Bonchev–Trinajstić information content (AvgIpc) is 3.02. The van der Waals surface area contributed by atoms with Crippen LogP contribution in [0.15, 0.2) is 21.8 Å². The molecule has 0 aliphatic rings. The van der Waals surface area contributed by atoms with E-state index < -0.39 is 0 Å². The van der Waals surface area contributed by atoms with Crippen LogP contribution in [-0.2, 0) is 20.1 Å². The Bertz CT molecular complexity index is 584. The van der Waals surface area contributed by atoms with Gasteiger partial charge in [0.25, 0.3) is 0 Å². The highest BCUT2D eigenvalue weighted by molar-refractivity contribution is 5.79. The van der Waals surface area contributed by atoms with Crippen LogP contribution in [0.25, 0.3) is 0 Å². The maximum Gasteiger partial charge on any atom is 0.191 e. The number of rotatable bonds is 4. The van der Waals surface area contributed by atoms with Gasteiger partial charge in [-0.25, -0.2) is 0 Å². The van der Waals surface area contributed by atoms with Gasteiger partial charge in [-0.05, 0) is 13.8 Å². The fourth-order valence-electron chi connectivity index (χ4n) is 1.97. The predicted octanol–water partition coefficient (Wildman–Crippen LogP) is 0.890. The Hall–Kier alpha value is -2.31. The van der Waals surface area contributed by atoms with Gasteiger partial charge in [0.2, 0.25) is 0 Å². The summed E-state index contributed by atoms with van der Waals surface area (Å²) in [5, 5.41) is 14.7. The first-order valence-electron chi connectivity index (χ1n) is 6.44. The summed E-state index contributed by atoms with van der Waals surface area (Å²) in [6, 6.07) is 1.82. The van der Waals surface area contributed by atoms with Crippen LogP contribution in [-0.4, -0.2) is 27.9 Å². The van der Waals surface area contributed by atoms with E-state index in [1.807, 2.05) is 24.7 Å². The van der Waals surface area contributed by atoms with Gasteiger partial charge in [-0.2, -0.15) is 5.10 Å². The topological polar surface area (TPSA) is 80.3 Å². The van der Waals surface area contributed by atoms with Crippen molar-refractivity contribution in [2.75, 3.05) is 7.05 Å². The molecule has 0 atom stereocenters. The molecule has 0 unspecified atom stereocenters. The molecule has 0 fully saturated rings. The zero-order valence-electron chi connectivity index (χ0n) is 12.3. The second-order valence-electron chi connectivity index (χ2n) is 4.54. The highest BCUT2D eigenvalue weighted by atomic mass is 16.5. The van der Waals surface area contributed by atoms with Crippen LogP contribution >= 0.6 is 0 Å². The Morgan fingerprint density at radius 3 is 2.65 bits per heavy atom. The van der Waals surface area contributed by atoms with Crippen molar-refractivity contribution in [3.63, 3.8) is 0 Å². The summed E-state index contributed by atoms with van der Waals surface area (Å²) >= 11 is 0. The smallest absolute Gasteiger partial charge is 0.191 e. The van der Waals surface area contributed by atoms with E-state index in [0.29, 0.717) is 13.1 Å². The molecule has 0 saturated carbocycles. The molecule has 2 aromatic heterocycles. The molecule has 2 aromatic rings. The minimum absolute atomic E-state index is 0.571. The Morgan fingerprint density at radius 2 is 2.10 bits per heavy atom. The van der Waals surface area contributed by atoms with Crippen molar-refractivity contribution in [1.82, 2.24) is 25.6 Å². The van der Waals surface area contributed by atoms with E-state index in [4.69, 9.17) is 4.52 Å². The molecule has 0 radical (unpaired) electrons. The van der Waals surface area contributed by atoms with E-state index in [-0.39, 0.29) is 0 Å². The zero-order valence-corrected chi connectivity index (χ0v) is 12.3. The molecule has 108 valence electrons. The van der Waals surface area contributed by atoms with Gasteiger partial charge in [0.1, 0.15) is 12.0 Å². The van der Waals surface area contributed by atoms with Gasteiger partial charge in [-0.3, -0.25) is 9.67 Å². The Kier molecular flexibility index (Phi) is 4.39. The monoisotopic (exact) mass is 276 g/mol. The predicted molar refractivity (Wildman–Crippen MR) is 76.2 cm³/mol. The minimum Gasteiger partial charge on any atom is -0.364 e. The first-order chi connectivity index (χ1) is 9.61. The van der Waals surface area contributed by atoms with E-state index in [2.05, 4.69) is 32.8 Å². The third-order valence-corrected chi connectivity index (χ3v) is 3.24. The molecular formula is C13H20N6O. The Morgan fingerprint density at radius 1 is 1.35 bits per heavy atom. The molecule has 2 N–H and O–H groups in total. The molecule has 7 nitrogen and oxygen atoms in total. The maximum atomic E-state index is 4.78. The number of nitrogens with one attached hydrogen (secondary N) is 2. The number of nitrogens with zero attached hydrogens (tertiary/aromatic N) is 4. The second-order valence-corrected chi connectivity index (χ2v) is 4.54. The van der Waals surface area contributed by atoms with Crippen molar-refractivity contribution in [3.05, 3.63) is 35.0 Å². The van der Waals surface area contributed by atoms with Crippen LogP contribution in [0, 0.1) is 13.8 Å². The summed E-state index contributed by atoms with van der Waals surface area (Å²) < 4.78 is 6.67. The van der Waals surface area contributed by atoms with E-state index in [9.17, 15) is 0 Å². The number of aryl methyl sites for hydroxylation is 2. The van der Waals surface area contributed by atoms with Gasteiger partial charge in [0.05, 0.1) is 12.2 Å². The van der Waals surface area contributed by atoms with E-state index in [1.54, 1.807) is 13.3 Å². The van der Waals surface area contributed by atoms with E-state index in [1.165, 1.54) is 5.56 Å². The molecule has 20 heavy (non-hydrogen) atoms. The Balaban J connectivity index is 1.91. The van der Waals surface area contributed by atoms with Gasteiger partial charge in [-0.15, -0.1) is 0 Å². The number of hydrogen-bond donors (Lipinski definition) is 2. The average molecular weight is 276 g/mol. The normalized spacial score (nSPS) is 11.7. The lowest BCUT2D eigenvalue weighted by molar-refractivity contribution is 0.410. The third-order valence-electron chi connectivity index (χ3n) is 3.24. The summed E-state index contributed by atoms with van der Waals surface area (Å²) in [6.45, 7) is 5.32. The number of aliphatic imine (C=N–C) groups is 1. The molecule has 2 rings (SSSR count). The van der Waals surface area contributed by atoms with Crippen molar-refractivity contribution in [2.24, 2.45) is 12.0 Å². The second kappa shape index (κ2) is 6.23. The lowest BCUT2D eigenvalue weighted by atomic mass is 10.2. The third kappa shape index (κ3) is 3.17. The van der Waals surface area contributed by atoms with Crippen LogP contribution in [0.1, 0.15) is 22.6 Å². The fraction of sp³-hybridized carbons (Fsp3) is 0.462. The SMILES string of the molecule is CN=C(NCc1ccon1)NCc1c(C)nn(C)c1C. The van der Waals surface area contributed by atoms with Gasteiger partial charge >= 0.3 is 0 Å². The van der Waals surface area contributed by atoms with Crippen LogP contribution in [0.5, 0.6) is 0 Å².